The lowest BCUT2D eigenvalue weighted by Crippen LogP contribution is -2.53. The Kier molecular flexibility index (Phi) is 38.3. The van der Waals surface area contributed by atoms with Gasteiger partial charge in [-0.2, -0.15) is 0 Å². The number of halogens is 2. The van der Waals surface area contributed by atoms with Crippen LogP contribution in [0.1, 0.15) is 221 Å². The number of carboxylic acid groups (broad SMARTS) is 1. The van der Waals surface area contributed by atoms with Crippen molar-refractivity contribution < 1.29 is 109 Å². The number of aliphatic carboxylic acids is 1. The van der Waals surface area contributed by atoms with Crippen molar-refractivity contribution in [2.45, 2.75) is 285 Å². The molecule has 2 N–H and O–H groups in total. The van der Waals surface area contributed by atoms with E-state index in [1.807, 2.05) is 139 Å². The smallest absolute Gasteiger partial charge is 0.410 e. The van der Waals surface area contributed by atoms with Gasteiger partial charge in [-0.1, -0.05) is 151 Å². The molecule has 4 aromatic carbocycles. The highest BCUT2D eigenvalue weighted by Crippen LogP contribution is 2.32. The lowest BCUT2D eigenvalue weighted by atomic mass is 9.87. The van der Waals surface area contributed by atoms with Crippen molar-refractivity contribution in [1.29, 1.82) is 0 Å². The number of benzene rings is 4. The molecule has 4 aromatic rings. The standard InChI is InChI=1S/C44H63FN2O10.C26H38FNO7.C18H27NO4/c1-29(38(49)54-28-31-15-13-12-14-16-31)55-39(50)34(26-42(2,3)4)46(10)37(48)36(25-30-17-19-32(20-18-30)33-21-23-53-24-22-33)56-40(51)35(27-44(8,9)45)47(11)41(52)57-43(5,6)7;1-25(2,3)35-24(32)28(6)20(16-26(4,5)27)23(31)34-21(22(29)30)15-17-7-9-18(10-8-17)19-11-13-33-14-12-19;1-13(16(20)22-12-14-9-7-6-8-10-14)23-17(21)15(19-5)11-18(2,3)4/h12-20,29,33-36H,21-28H2,1-11H3;7-10,19-21H,11-16H2,1-6H3,(H,29,30);6-10,13,15,19H,11-12H2,1-5H3/t29-,34+,35+,36-;20-,21+;13-,15+/m101/s1. The maximum absolute atomic E-state index is 15.2. The molecule has 3 amide bonds. The number of carboxylic acids is 1. The highest BCUT2D eigenvalue weighted by Gasteiger charge is 2.43. The van der Waals surface area contributed by atoms with Crippen LogP contribution in [0.4, 0.5) is 18.4 Å². The predicted octanol–water partition coefficient (Wildman–Crippen LogP) is 14.5. The van der Waals surface area contributed by atoms with Crippen LogP contribution in [0.15, 0.2) is 109 Å². The molecule has 25 nitrogen and oxygen atoms in total. The monoisotopic (exact) mass is 1610 g/mol. The Labute approximate surface area is 679 Å². The minimum Gasteiger partial charge on any atom is -0.478 e. The Morgan fingerprint density at radius 1 is 0.435 bits per heavy atom. The quantitative estimate of drug-likeness (QED) is 0.0339. The normalized spacial score (nSPS) is 15.8. The first-order chi connectivity index (χ1) is 53.3. The van der Waals surface area contributed by atoms with Gasteiger partial charge in [-0.3, -0.25) is 19.4 Å². The summed E-state index contributed by atoms with van der Waals surface area (Å²) in [5.74, 6) is -5.96. The molecule has 0 spiro atoms. The van der Waals surface area contributed by atoms with Gasteiger partial charge in [-0.25, -0.2) is 47.1 Å². The molecule has 640 valence electrons. The molecular weight excluding hydrogens is 1490 g/mol. The zero-order valence-electron chi connectivity index (χ0n) is 71.7. The van der Waals surface area contributed by atoms with Gasteiger partial charge in [0, 0.05) is 73.3 Å². The average Bonchev–Trinajstić information content (AvgIpc) is 0.822. The fraction of sp³-hybridized carbons (Fsp3) is 0.614. The number of likely N-dealkylation sites (N-methyl/N-ethyl adjacent to an activating group) is 4. The Morgan fingerprint density at radius 3 is 1.10 bits per heavy atom. The van der Waals surface area contributed by atoms with Gasteiger partial charge >= 0.3 is 54.0 Å². The maximum atomic E-state index is 15.2. The molecule has 2 saturated heterocycles. The van der Waals surface area contributed by atoms with Crippen LogP contribution < -0.4 is 5.32 Å². The van der Waals surface area contributed by atoms with Crippen molar-refractivity contribution >= 4 is 59.9 Å². The third-order valence-corrected chi connectivity index (χ3v) is 18.5. The van der Waals surface area contributed by atoms with Crippen molar-refractivity contribution in [3.05, 3.63) is 143 Å². The van der Waals surface area contributed by atoms with E-state index in [1.165, 1.54) is 62.7 Å². The Bertz CT molecular complexity index is 3730. The van der Waals surface area contributed by atoms with E-state index in [2.05, 4.69) is 5.32 Å². The second-order valence-electron chi connectivity index (χ2n) is 35.1. The Morgan fingerprint density at radius 2 is 0.765 bits per heavy atom. The summed E-state index contributed by atoms with van der Waals surface area (Å²) in [5, 5.41) is 12.6. The van der Waals surface area contributed by atoms with E-state index in [1.54, 1.807) is 60.7 Å². The number of nitrogens with one attached hydrogen (secondary N) is 1. The van der Waals surface area contributed by atoms with Crippen LogP contribution >= 0.6 is 0 Å². The van der Waals surface area contributed by atoms with Gasteiger partial charge in [0.2, 0.25) is 6.10 Å². The van der Waals surface area contributed by atoms with E-state index in [0.29, 0.717) is 42.6 Å². The first-order valence-electron chi connectivity index (χ1n) is 39.4. The number of hydrogen-bond acceptors (Lipinski definition) is 21. The van der Waals surface area contributed by atoms with Crippen molar-refractivity contribution in [2.24, 2.45) is 10.8 Å². The largest absolute Gasteiger partial charge is 0.478 e. The van der Waals surface area contributed by atoms with Crippen LogP contribution in [0, 0.1) is 10.8 Å². The molecule has 0 unspecified atom stereocenters. The molecular formula is C88H128F2N4O21. The highest BCUT2D eigenvalue weighted by atomic mass is 19.1. The van der Waals surface area contributed by atoms with Crippen molar-refractivity contribution in [2.75, 3.05) is 54.6 Å². The van der Waals surface area contributed by atoms with Crippen LogP contribution in [-0.4, -0.2) is 205 Å². The third kappa shape index (κ3) is 37.2. The molecule has 2 aliphatic heterocycles. The van der Waals surface area contributed by atoms with E-state index in [9.17, 15) is 57.4 Å². The fourth-order valence-electron chi connectivity index (χ4n) is 12.3. The number of esters is 6. The molecule has 0 saturated carbocycles. The van der Waals surface area contributed by atoms with Gasteiger partial charge in [0.05, 0.1) is 0 Å². The predicted molar refractivity (Wildman–Crippen MR) is 430 cm³/mol. The number of hydrogen-bond donors (Lipinski definition) is 2. The minimum absolute atomic E-state index is 0.0157. The minimum atomic E-state index is -1.92. The van der Waals surface area contributed by atoms with Crippen LogP contribution in [0.2, 0.25) is 0 Å². The summed E-state index contributed by atoms with van der Waals surface area (Å²) in [5.41, 5.74) is -0.732. The van der Waals surface area contributed by atoms with Gasteiger partial charge in [-0.15, -0.1) is 0 Å². The number of ether oxygens (including phenoxy) is 10. The lowest BCUT2D eigenvalue weighted by molar-refractivity contribution is -0.174. The zero-order chi connectivity index (χ0) is 86.6. The molecule has 2 fully saturated rings. The summed E-state index contributed by atoms with van der Waals surface area (Å²) in [4.78, 5) is 133. The third-order valence-electron chi connectivity index (χ3n) is 18.5. The van der Waals surface area contributed by atoms with Gasteiger partial charge in [-0.05, 0) is 185 Å². The molecule has 2 heterocycles. The summed E-state index contributed by atoms with van der Waals surface area (Å²) in [6, 6.07) is 29.2. The van der Waals surface area contributed by atoms with E-state index < -0.39 is 143 Å². The average molecular weight is 1620 g/mol. The van der Waals surface area contributed by atoms with Gasteiger partial charge in [0.1, 0.15) is 59.9 Å². The lowest BCUT2D eigenvalue weighted by Gasteiger charge is -2.35. The number of alkyl halides is 2. The topological polar surface area (TPSA) is 305 Å². The number of carbonyl (C=O) groups is 10. The SMILES string of the molecule is CN(C(=O)OC(C)(C)C)[C@@H](CC(C)(C)F)C(=O)O[C@H](Cc1ccc(C2CCOCC2)cc1)C(=O)O.CN[C@@H](CC(C)(C)C)C(=O)O[C@H](C)C(=O)OCc1ccccc1.C[C@@H](OC(=O)[C@H](CC(C)(C)C)N(C)C(=O)[C@@H](Cc1ccc(C2CCOCC2)cc1)OC(=O)[C@H](CC(C)(C)F)N(C)C(=O)OC(C)(C)C)C(=O)OCc1ccccc1. The molecule has 8 atom stereocenters. The molecule has 0 aromatic heterocycles. The summed E-state index contributed by atoms with van der Waals surface area (Å²) < 4.78 is 84.0. The van der Waals surface area contributed by atoms with E-state index in [4.69, 9.17) is 47.4 Å². The maximum Gasteiger partial charge on any atom is 0.410 e. The van der Waals surface area contributed by atoms with E-state index in [0.717, 1.165) is 75.9 Å². The van der Waals surface area contributed by atoms with Crippen LogP contribution in [-0.2, 0) is 112 Å². The molecule has 0 radical (unpaired) electrons. The van der Waals surface area contributed by atoms with Crippen molar-refractivity contribution in [3.63, 3.8) is 0 Å². The summed E-state index contributed by atoms with van der Waals surface area (Å²) in [7, 11) is 5.72. The molecule has 0 bridgehead atoms. The van der Waals surface area contributed by atoms with Gasteiger partial charge in [0.15, 0.2) is 18.3 Å². The van der Waals surface area contributed by atoms with Crippen LogP contribution in [0.5, 0.6) is 0 Å². The van der Waals surface area contributed by atoms with Gasteiger partial charge < -0.3 is 62.7 Å². The fourth-order valence-corrected chi connectivity index (χ4v) is 12.3. The number of amides is 3. The Hall–Kier alpha value is -9.08. The summed E-state index contributed by atoms with van der Waals surface area (Å²) in [6.45, 7) is 32.7. The van der Waals surface area contributed by atoms with Crippen molar-refractivity contribution in [3.8, 4) is 0 Å². The molecule has 0 aliphatic carbocycles. The zero-order valence-corrected chi connectivity index (χ0v) is 71.7. The van der Waals surface area contributed by atoms with Crippen molar-refractivity contribution in [1.82, 2.24) is 20.0 Å². The van der Waals surface area contributed by atoms with E-state index >= 15 is 4.39 Å². The number of carbonyl (C=O) groups excluding carboxylic acids is 9. The number of nitrogens with zero attached hydrogens (tertiary/aromatic N) is 3. The van der Waals surface area contributed by atoms with E-state index in [-0.39, 0.29) is 44.3 Å². The first-order valence-corrected chi connectivity index (χ1v) is 39.4. The highest BCUT2D eigenvalue weighted by molar-refractivity contribution is 5.91. The molecule has 6 rings (SSSR count). The summed E-state index contributed by atoms with van der Waals surface area (Å²) in [6.07, 6.45) is -3.52. The second kappa shape index (κ2) is 44.9. The first kappa shape index (κ1) is 98.3. The van der Waals surface area contributed by atoms with Crippen LogP contribution in [0.25, 0.3) is 0 Å². The second-order valence-corrected chi connectivity index (χ2v) is 35.1. The number of rotatable bonds is 32. The molecule has 27 heteroatoms. The Balaban J connectivity index is 0.000000405. The summed E-state index contributed by atoms with van der Waals surface area (Å²) >= 11 is 0. The molecule has 2 aliphatic rings. The van der Waals surface area contributed by atoms with Crippen LogP contribution in [0.3, 0.4) is 0 Å². The molecule has 115 heavy (non-hydrogen) atoms. The van der Waals surface area contributed by atoms with Gasteiger partial charge in [0.25, 0.3) is 5.91 Å².